The molecular formula is C13H16N2OS. The summed E-state index contributed by atoms with van der Waals surface area (Å²) in [7, 11) is 0. The number of rotatable bonds is 6. The number of aromatic nitrogens is 2. The van der Waals surface area contributed by atoms with Gasteiger partial charge >= 0.3 is 0 Å². The monoisotopic (exact) mass is 248 g/mol. The average molecular weight is 248 g/mol. The highest BCUT2D eigenvalue weighted by Gasteiger charge is 1.97. The molecular weight excluding hydrogens is 232 g/mol. The molecule has 0 aliphatic carbocycles. The van der Waals surface area contributed by atoms with Gasteiger partial charge in [-0.3, -0.25) is 0 Å². The lowest BCUT2D eigenvalue weighted by molar-refractivity contribution is 0.310. The van der Waals surface area contributed by atoms with Crippen molar-refractivity contribution in [3.05, 3.63) is 48.0 Å². The molecule has 3 nitrogen and oxygen atoms in total. The van der Waals surface area contributed by atoms with Crippen LogP contribution in [0.4, 0.5) is 0 Å². The fraction of sp³-hybridized carbons (Fsp3) is 0.308. The van der Waals surface area contributed by atoms with Crippen LogP contribution in [-0.2, 0) is 12.2 Å². The van der Waals surface area contributed by atoms with E-state index in [1.165, 1.54) is 5.56 Å². The molecule has 0 aliphatic heterocycles. The van der Waals surface area contributed by atoms with Gasteiger partial charge in [0.2, 0.25) is 0 Å². The lowest BCUT2D eigenvalue weighted by atomic mass is 10.2. The van der Waals surface area contributed by atoms with E-state index in [1.54, 1.807) is 6.33 Å². The van der Waals surface area contributed by atoms with Gasteiger partial charge in [0.25, 0.3) is 0 Å². The lowest BCUT2D eigenvalue weighted by Gasteiger charge is -2.05. The van der Waals surface area contributed by atoms with Crippen molar-refractivity contribution in [2.24, 2.45) is 0 Å². The first-order valence-corrected chi connectivity index (χ1v) is 6.32. The third kappa shape index (κ3) is 3.82. The lowest BCUT2D eigenvalue weighted by Crippen LogP contribution is -1.99. The van der Waals surface area contributed by atoms with Crippen LogP contribution >= 0.6 is 12.6 Å². The zero-order valence-corrected chi connectivity index (χ0v) is 10.5. The Morgan fingerprint density at radius 3 is 2.71 bits per heavy atom. The number of benzene rings is 1. The summed E-state index contributed by atoms with van der Waals surface area (Å²) in [5, 5.41) is 0. The normalized spacial score (nSPS) is 10.4. The van der Waals surface area contributed by atoms with Crippen LogP contribution in [0.2, 0.25) is 0 Å². The molecule has 2 rings (SSSR count). The zero-order chi connectivity index (χ0) is 11.9. The minimum atomic E-state index is 0.715. The number of H-pyrrole nitrogens is 1. The van der Waals surface area contributed by atoms with Gasteiger partial charge in [0, 0.05) is 11.9 Å². The molecule has 0 saturated heterocycles. The largest absolute Gasteiger partial charge is 0.494 e. The maximum absolute atomic E-state index is 5.64. The SMILES string of the molecule is SCc1ccc(OCCCc2c[nH]cn2)cc1. The van der Waals surface area contributed by atoms with Crippen LogP contribution in [0, 0.1) is 0 Å². The number of imidazole rings is 1. The van der Waals surface area contributed by atoms with Crippen LogP contribution in [0.25, 0.3) is 0 Å². The molecule has 0 spiro atoms. The van der Waals surface area contributed by atoms with Gasteiger partial charge in [-0.1, -0.05) is 12.1 Å². The third-order valence-corrected chi connectivity index (χ3v) is 2.87. The second-order valence-corrected chi connectivity index (χ2v) is 4.13. The topological polar surface area (TPSA) is 37.9 Å². The van der Waals surface area contributed by atoms with Gasteiger partial charge in [0.1, 0.15) is 5.75 Å². The molecule has 4 heteroatoms. The van der Waals surface area contributed by atoms with Crippen LogP contribution in [-0.4, -0.2) is 16.6 Å². The Balaban J connectivity index is 1.70. The Morgan fingerprint density at radius 1 is 1.24 bits per heavy atom. The predicted octanol–water partition coefficient (Wildman–Crippen LogP) is 2.85. The smallest absolute Gasteiger partial charge is 0.119 e. The quantitative estimate of drug-likeness (QED) is 0.609. The van der Waals surface area contributed by atoms with Crippen molar-refractivity contribution in [2.75, 3.05) is 6.61 Å². The molecule has 1 heterocycles. The van der Waals surface area contributed by atoms with Crippen molar-refractivity contribution in [3.63, 3.8) is 0 Å². The predicted molar refractivity (Wildman–Crippen MR) is 71.5 cm³/mol. The van der Waals surface area contributed by atoms with Crippen LogP contribution < -0.4 is 4.74 Å². The number of nitrogens with one attached hydrogen (secondary N) is 1. The van der Waals surface area contributed by atoms with E-state index in [1.807, 2.05) is 30.5 Å². The van der Waals surface area contributed by atoms with Crippen molar-refractivity contribution < 1.29 is 4.74 Å². The number of aryl methyl sites for hydroxylation is 1. The number of thiol groups is 1. The van der Waals surface area contributed by atoms with E-state index in [0.29, 0.717) is 6.61 Å². The highest BCUT2D eigenvalue weighted by Crippen LogP contribution is 2.13. The van der Waals surface area contributed by atoms with Crippen LogP contribution in [0.15, 0.2) is 36.8 Å². The Bertz CT molecular complexity index is 425. The minimum Gasteiger partial charge on any atom is -0.494 e. The summed E-state index contributed by atoms with van der Waals surface area (Å²) >= 11 is 4.21. The maximum Gasteiger partial charge on any atom is 0.119 e. The minimum absolute atomic E-state index is 0.715. The summed E-state index contributed by atoms with van der Waals surface area (Å²) in [5.74, 6) is 1.68. The zero-order valence-electron chi connectivity index (χ0n) is 9.60. The van der Waals surface area contributed by atoms with Crippen molar-refractivity contribution >= 4 is 12.6 Å². The number of nitrogens with zero attached hydrogens (tertiary/aromatic N) is 1. The van der Waals surface area contributed by atoms with E-state index in [0.717, 1.165) is 30.0 Å². The van der Waals surface area contributed by atoms with Gasteiger partial charge in [0.15, 0.2) is 0 Å². The Morgan fingerprint density at radius 2 is 2.06 bits per heavy atom. The molecule has 0 fully saturated rings. The summed E-state index contributed by atoms with van der Waals surface area (Å²) in [5.41, 5.74) is 2.29. The molecule has 0 atom stereocenters. The van der Waals surface area contributed by atoms with Gasteiger partial charge in [-0.05, 0) is 30.5 Å². The van der Waals surface area contributed by atoms with E-state index < -0.39 is 0 Å². The maximum atomic E-state index is 5.64. The molecule has 1 N–H and O–H groups in total. The summed E-state index contributed by atoms with van der Waals surface area (Å²) in [6.07, 6.45) is 5.53. The Kier molecular flexibility index (Phi) is 4.50. The Labute approximate surface area is 107 Å². The van der Waals surface area contributed by atoms with E-state index in [2.05, 4.69) is 22.6 Å². The van der Waals surface area contributed by atoms with Crippen LogP contribution in [0.3, 0.4) is 0 Å². The molecule has 0 saturated carbocycles. The molecule has 2 aromatic rings. The second kappa shape index (κ2) is 6.35. The molecule has 90 valence electrons. The number of hydrogen-bond donors (Lipinski definition) is 2. The van der Waals surface area contributed by atoms with E-state index in [4.69, 9.17) is 4.74 Å². The molecule has 1 aromatic heterocycles. The third-order valence-electron chi connectivity index (χ3n) is 2.51. The molecule has 0 bridgehead atoms. The van der Waals surface area contributed by atoms with E-state index >= 15 is 0 Å². The molecule has 0 unspecified atom stereocenters. The summed E-state index contributed by atoms with van der Waals surface area (Å²) < 4.78 is 5.64. The molecule has 1 aromatic carbocycles. The first-order valence-electron chi connectivity index (χ1n) is 5.69. The van der Waals surface area contributed by atoms with Gasteiger partial charge in [-0.15, -0.1) is 0 Å². The molecule has 0 aliphatic rings. The standard InChI is InChI=1S/C13H16N2OS/c17-9-11-3-5-13(6-4-11)16-7-1-2-12-8-14-10-15-12/h3-6,8,10,17H,1-2,7,9H2,(H,14,15). The van der Waals surface area contributed by atoms with Crippen LogP contribution in [0.1, 0.15) is 17.7 Å². The van der Waals surface area contributed by atoms with Crippen molar-refractivity contribution in [2.45, 2.75) is 18.6 Å². The number of ether oxygens (including phenoxy) is 1. The van der Waals surface area contributed by atoms with Crippen molar-refractivity contribution in [1.29, 1.82) is 0 Å². The summed E-state index contributed by atoms with van der Waals surface area (Å²) in [6, 6.07) is 8.05. The van der Waals surface area contributed by atoms with Gasteiger partial charge in [0.05, 0.1) is 18.6 Å². The fourth-order valence-electron chi connectivity index (χ4n) is 1.56. The first-order chi connectivity index (χ1) is 8.38. The van der Waals surface area contributed by atoms with E-state index in [-0.39, 0.29) is 0 Å². The number of aromatic amines is 1. The van der Waals surface area contributed by atoms with Crippen molar-refractivity contribution in [1.82, 2.24) is 9.97 Å². The van der Waals surface area contributed by atoms with Gasteiger partial charge in [-0.25, -0.2) is 4.98 Å². The Hall–Kier alpha value is -1.42. The van der Waals surface area contributed by atoms with Gasteiger partial charge < -0.3 is 9.72 Å². The molecule has 0 amide bonds. The van der Waals surface area contributed by atoms with Crippen LogP contribution in [0.5, 0.6) is 5.75 Å². The first kappa shape index (κ1) is 12.0. The summed E-state index contributed by atoms with van der Waals surface area (Å²) in [4.78, 5) is 7.11. The number of hydrogen-bond acceptors (Lipinski definition) is 3. The van der Waals surface area contributed by atoms with Gasteiger partial charge in [-0.2, -0.15) is 12.6 Å². The van der Waals surface area contributed by atoms with E-state index in [9.17, 15) is 0 Å². The highest BCUT2D eigenvalue weighted by atomic mass is 32.1. The fourth-order valence-corrected chi connectivity index (χ4v) is 1.77. The van der Waals surface area contributed by atoms with Crippen molar-refractivity contribution in [3.8, 4) is 5.75 Å². The molecule has 0 radical (unpaired) electrons. The highest BCUT2D eigenvalue weighted by molar-refractivity contribution is 7.79. The average Bonchev–Trinajstić information content (AvgIpc) is 2.88. The molecule has 17 heavy (non-hydrogen) atoms. The summed E-state index contributed by atoms with van der Waals surface area (Å²) in [6.45, 7) is 0.715. The second-order valence-electron chi connectivity index (χ2n) is 3.81.